The van der Waals surface area contributed by atoms with Crippen LogP contribution in [0.2, 0.25) is 0 Å². The fraction of sp³-hybridized carbons (Fsp3) is 0.462. The number of ether oxygens (including phenoxy) is 1. The van der Waals surface area contributed by atoms with Gasteiger partial charge < -0.3 is 20.5 Å². The molecule has 0 amide bonds. The molecule has 3 N–H and O–H groups in total. The topological polar surface area (TPSA) is 82.5 Å². The van der Waals surface area contributed by atoms with Gasteiger partial charge in [0.05, 0.1) is 42.3 Å². The van der Waals surface area contributed by atoms with E-state index in [1.54, 1.807) is 12.1 Å². The van der Waals surface area contributed by atoms with E-state index >= 15 is 0 Å². The molecular formula is C13H17N3O2. The molecule has 0 aliphatic carbocycles. The third kappa shape index (κ3) is 2.40. The molecule has 0 bridgehead atoms. The number of hydrogen-bond donors (Lipinski definition) is 2. The van der Waals surface area contributed by atoms with Crippen LogP contribution in [-0.4, -0.2) is 37.0 Å². The average Bonchev–Trinajstić information content (AvgIpc) is 2.39. The van der Waals surface area contributed by atoms with Gasteiger partial charge in [-0.1, -0.05) is 0 Å². The molecule has 1 saturated heterocycles. The quantitative estimate of drug-likeness (QED) is 0.753. The van der Waals surface area contributed by atoms with Crippen molar-refractivity contribution >= 4 is 11.4 Å². The van der Waals surface area contributed by atoms with Crippen LogP contribution in [0.25, 0.3) is 0 Å². The molecule has 2 unspecified atom stereocenters. The first-order chi connectivity index (χ1) is 8.65. The second-order valence-corrected chi connectivity index (χ2v) is 4.52. The molecular weight excluding hydrogens is 230 g/mol. The highest BCUT2D eigenvalue weighted by atomic mass is 16.5. The van der Waals surface area contributed by atoms with E-state index < -0.39 is 0 Å². The number of hydrogen-bond acceptors (Lipinski definition) is 5. The van der Waals surface area contributed by atoms with Crippen molar-refractivity contribution in [1.82, 2.24) is 0 Å². The molecule has 18 heavy (non-hydrogen) atoms. The number of benzene rings is 1. The summed E-state index contributed by atoms with van der Waals surface area (Å²) in [6.07, 6.45) is -0.184. The Morgan fingerprint density at radius 1 is 1.61 bits per heavy atom. The molecule has 0 aromatic heterocycles. The van der Waals surface area contributed by atoms with Gasteiger partial charge in [-0.25, -0.2) is 0 Å². The summed E-state index contributed by atoms with van der Waals surface area (Å²) in [7, 11) is 0. The van der Waals surface area contributed by atoms with Crippen molar-refractivity contribution in [3.8, 4) is 6.07 Å². The second kappa shape index (κ2) is 5.25. The molecule has 1 aromatic carbocycles. The van der Waals surface area contributed by atoms with Crippen molar-refractivity contribution < 1.29 is 9.84 Å². The first-order valence-corrected chi connectivity index (χ1v) is 5.94. The summed E-state index contributed by atoms with van der Waals surface area (Å²) >= 11 is 0. The Morgan fingerprint density at radius 2 is 2.39 bits per heavy atom. The highest BCUT2D eigenvalue weighted by Gasteiger charge is 2.26. The van der Waals surface area contributed by atoms with Gasteiger partial charge in [-0.3, -0.25) is 0 Å². The molecule has 2 atom stereocenters. The molecule has 2 rings (SSSR count). The number of nitriles is 1. The largest absolute Gasteiger partial charge is 0.397 e. The van der Waals surface area contributed by atoms with Crippen LogP contribution < -0.4 is 10.6 Å². The normalized spacial score (nSPS) is 23.7. The van der Waals surface area contributed by atoms with Crippen LogP contribution in [0.4, 0.5) is 11.4 Å². The number of morpholine rings is 1. The highest BCUT2D eigenvalue weighted by Crippen LogP contribution is 2.28. The monoisotopic (exact) mass is 247 g/mol. The minimum Gasteiger partial charge on any atom is -0.397 e. The Labute approximate surface area is 106 Å². The van der Waals surface area contributed by atoms with Crippen LogP contribution in [0.5, 0.6) is 0 Å². The molecule has 1 aliphatic rings. The van der Waals surface area contributed by atoms with Crippen molar-refractivity contribution in [3.05, 3.63) is 23.8 Å². The van der Waals surface area contributed by atoms with Gasteiger partial charge in [0.15, 0.2) is 0 Å². The fourth-order valence-corrected chi connectivity index (χ4v) is 2.15. The van der Waals surface area contributed by atoms with E-state index in [9.17, 15) is 0 Å². The van der Waals surface area contributed by atoms with Crippen LogP contribution in [-0.2, 0) is 4.74 Å². The number of aliphatic hydroxyl groups is 1. The van der Waals surface area contributed by atoms with E-state index in [4.69, 9.17) is 20.8 Å². The van der Waals surface area contributed by atoms with Crippen LogP contribution in [0.1, 0.15) is 12.5 Å². The van der Waals surface area contributed by atoms with E-state index in [2.05, 4.69) is 11.0 Å². The van der Waals surface area contributed by atoms with E-state index in [0.29, 0.717) is 24.4 Å². The smallest absolute Gasteiger partial charge is 0.0992 e. The summed E-state index contributed by atoms with van der Waals surface area (Å²) in [5.41, 5.74) is 8.01. The zero-order chi connectivity index (χ0) is 13.1. The lowest BCUT2D eigenvalue weighted by Crippen LogP contribution is -2.49. The van der Waals surface area contributed by atoms with Gasteiger partial charge in [-0.05, 0) is 25.1 Å². The van der Waals surface area contributed by atoms with E-state index in [1.165, 1.54) is 0 Å². The van der Waals surface area contributed by atoms with Gasteiger partial charge in [0, 0.05) is 12.6 Å². The number of nitrogens with zero attached hydrogens (tertiary/aromatic N) is 2. The van der Waals surface area contributed by atoms with Gasteiger partial charge in [0.25, 0.3) is 0 Å². The Kier molecular flexibility index (Phi) is 3.70. The van der Waals surface area contributed by atoms with Crippen molar-refractivity contribution in [2.75, 3.05) is 30.4 Å². The maximum Gasteiger partial charge on any atom is 0.0992 e. The average molecular weight is 247 g/mol. The molecule has 5 heteroatoms. The van der Waals surface area contributed by atoms with Gasteiger partial charge in [0.2, 0.25) is 0 Å². The van der Waals surface area contributed by atoms with Crippen LogP contribution in [0, 0.1) is 11.3 Å². The summed E-state index contributed by atoms with van der Waals surface area (Å²) in [6, 6.07) is 7.54. The Hall–Kier alpha value is -1.77. The zero-order valence-corrected chi connectivity index (χ0v) is 10.3. The summed E-state index contributed by atoms with van der Waals surface area (Å²) in [5.74, 6) is 0. The number of nitrogen functional groups attached to an aromatic ring is 1. The summed E-state index contributed by atoms with van der Waals surface area (Å²) < 4.78 is 5.49. The van der Waals surface area contributed by atoms with Gasteiger partial charge in [-0.15, -0.1) is 0 Å². The molecule has 1 aliphatic heterocycles. The van der Waals surface area contributed by atoms with Crippen LogP contribution in [0.15, 0.2) is 18.2 Å². The first kappa shape index (κ1) is 12.7. The molecule has 1 heterocycles. The second-order valence-electron chi connectivity index (χ2n) is 4.52. The Balaban J connectivity index is 2.26. The number of rotatable bonds is 2. The third-order valence-corrected chi connectivity index (χ3v) is 3.18. The summed E-state index contributed by atoms with van der Waals surface area (Å²) in [5, 5.41) is 18.0. The van der Waals surface area contributed by atoms with Gasteiger partial charge in [-0.2, -0.15) is 5.26 Å². The van der Waals surface area contributed by atoms with Gasteiger partial charge >= 0.3 is 0 Å². The lowest BCUT2D eigenvalue weighted by atomic mass is 10.1. The third-order valence-electron chi connectivity index (χ3n) is 3.18. The maximum atomic E-state index is 9.17. The fourth-order valence-electron chi connectivity index (χ4n) is 2.15. The van der Waals surface area contributed by atoms with Gasteiger partial charge in [0.1, 0.15) is 0 Å². The van der Waals surface area contributed by atoms with Crippen molar-refractivity contribution in [3.63, 3.8) is 0 Å². The summed E-state index contributed by atoms with van der Waals surface area (Å²) in [6.45, 7) is 3.21. The molecule has 1 fully saturated rings. The number of nitrogens with two attached hydrogens (primary N) is 1. The van der Waals surface area contributed by atoms with E-state index in [0.717, 1.165) is 5.69 Å². The van der Waals surface area contributed by atoms with E-state index in [1.807, 2.05) is 13.0 Å². The minimum atomic E-state index is -0.184. The Morgan fingerprint density at radius 3 is 3.00 bits per heavy atom. The minimum absolute atomic E-state index is 0.000591. The first-order valence-electron chi connectivity index (χ1n) is 5.94. The van der Waals surface area contributed by atoms with Crippen molar-refractivity contribution in [1.29, 1.82) is 5.26 Å². The Bertz CT molecular complexity index is 470. The molecule has 1 aromatic rings. The predicted octanol–water partition coefficient (Wildman–Crippen LogP) is 0.726. The molecule has 5 nitrogen and oxygen atoms in total. The molecule has 96 valence electrons. The standard InChI is InChI=1S/C13H17N3O2/c1-9-8-18-11(7-17)6-16(9)13-3-2-10(5-14)4-12(13)15/h2-4,9,11,17H,6-8,15H2,1H3. The molecule has 0 spiro atoms. The van der Waals surface area contributed by atoms with Crippen LogP contribution >= 0.6 is 0 Å². The van der Waals surface area contributed by atoms with Crippen molar-refractivity contribution in [2.24, 2.45) is 0 Å². The van der Waals surface area contributed by atoms with Crippen LogP contribution in [0.3, 0.4) is 0 Å². The highest BCUT2D eigenvalue weighted by molar-refractivity contribution is 5.70. The number of anilines is 2. The summed E-state index contributed by atoms with van der Waals surface area (Å²) in [4.78, 5) is 2.11. The van der Waals surface area contributed by atoms with E-state index in [-0.39, 0.29) is 18.8 Å². The zero-order valence-electron chi connectivity index (χ0n) is 10.3. The lowest BCUT2D eigenvalue weighted by Gasteiger charge is -2.39. The van der Waals surface area contributed by atoms with Crippen molar-refractivity contribution in [2.45, 2.75) is 19.1 Å². The molecule has 0 radical (unpaired) electrons. The molecule has 0 saturated carbocycles. The maximum absolute atomic E-state index is 9.17. The lowest BCUT2D eigenvalue weighted by molar-refractivity contribution is -0.0102. The SMILES string of the molecule is CC1COC(CO)CN1c1ccc(C#N)cc1N. The predicted molar refractivity (Wildman–Crippen MR) is 69.2 cm³/mol. The number of aliphatic hydroxyl groups excluding tert-OH is 1.